The van der Waals surface area contributed by atoms with Gasteiger partial charge in [0.2, 0.25) is 5.91 Å². The van der Waals surface area contributed by atoms with Crippen LogP contribution >= 0.6 is 0 Å². The fraction of sp³-hybridized carbons (Fsp3) is 0.478. The predicted molar refractivity (Wildman–Crippen MR) is 113 cm³/mol. The third-order valence-corrected chi connectivity index (χ3v) is 6.13. The number of ether oxygens (including phenoxy) is 1. The van der Waals surface area contributed by atoms with Crippen LogP contribution < -0.4 is 4.90 Å². The molecule has 156 valence electrons. The first-order chi connectivity index (χ1) is 14.6. The summed E-state index contributed by atoms with van der Waals surface area (Å²) in [5, 5.41) is 9.01. The van der Waals surface area contributed by atoms with Gasteiger partial charge in [0.05, 0.1) is 11.2 Å². The molecule has 2 unspecified atom stereocenters. The molecule has 2 fully saturated rings. The number of nitriles is 1. The van der Waals surface area contributed by atoms with Crippen molar-refractivity contribution in [3.8, 4) is 6.07 Å². The Balaban J connectivity index is 1.40. The molecular formula is C23H27N5O2. The summed E-state index contributed by atoms with van der Waals surface area (Å²) in [5.41, 5.74) is 1.33. The highest BCUT2D eigenvalue weighted by atomic mass is 16.5. The van der Waals surface area contributed by atoms with E-state index in [-0.39, 0.29) is 30.2 Å². The molecule has 1 aliphatic carbocycles. The summed E-state index contributed by atoms with van der Waals surface area (Å²) in [5.74, 6) is 0.888. The van der Waals surface area contributed by atoms with Gasteiger partial charge >= 0.3 is 0 Å². The van der Waals surface area contributed by atoms with Gasteiger partial charge in [-0.15, -0.1) is 0 Å². The number of carbonyl (C=O) groups excluding carboxylic acids is 1. The van der Waals surface area contributed by atoms with Crippen molar-refractivity contribution >= 4 is 11.7 Å². The number of hydrogen-bond acceptors (Lipinski definition) is 6. The standard InChI is InChI=1S/C23H27N5O2/c1-3-20-15-27(14-17(2)28(20)21-5-4-18(12-24)13-26-21)22(29)16-30-23(8-9-23)19-6-10-25-11-7-19/h4-7,10-11,13,17,20H,3,8-9,14-16H2,1-2H3. The molecule has 0 spiro atoms. The minimum absolute atomic E-state index is 0.0352. The van der Waals surface area contributed by atoms with Crippen molar-refractivity contribution in [3.63, 3.8) is 0 Å². The quantitative estimate of drug-likeness (QED) is 0.735. The lowest BCUT2D eigenvalue weighted by atomic mass is 10.0. The second-order valence-electron chi connectivity index (χ2n) is 8.15. The van der Waals surface area contributed by atoms with E-state index in [1.165, 1.54) is 0 Å². The monoisotopic (exact) mass is 405 g/mol. The van der Waals surface area contributed by atoms with Crippen molar-refractivity contribution in [3.05, 3.63) is 54.0 Å². The molecule has 1 aliphatic heterocycles. The van der Waals surface area contributed by atoms with E-state index in [0.717, 1.165) is 30.6 Å². The molecule has 4 rings (SSSR count). The molecule has 0 bridgehead atoms. The molecule has 30 heavy (non-hydrogen) atoms. The van der Waals surface area contributed by atoms with Crippen LogP contribution in [-0.2, 0) is 15.1 Å². The van der Waals surface area contributed by atoms with Crippen LogP contribution in [0.5, 0.6) is 0 Å². The Morgan fingerprint density at radius 2 is 2.03 bits per heavy atom. The van der Waals surface area contributed by atoms with Crippen LogP contribution in [0.4, 0.5) is 5.82 Å². The van der Waals surface area contributed by atoms with E-state index < -0.39 is 0 Å². The van der Waals surface area contributed by atoms with Gasteiger partial charge in [0.15, 0.2) is 0 Å². The molecule has 2 aliphatic rings. The van der Waals surface area contributed by atoms with E-state index >= 15 is 0 Å². The Bertz CT molecular complexity index is 921. The second kappa shape index (κ2) is 8.41. The summed E-state index contributed by atoms with van der Waals surface area (Å²) in [4.78, 5) is 25.7. The molecule has 2 aromatic heterocycles. The summed E-state index contributed by atoms with van der Waals surface area (Å²) in [6.45, 7) is 5.61. The maximum absolute atomic E-state index is 13.0. The lowest BCUT2D eigenvalue weighted by Gasteiger charge is -2.46. The lowest BCUT2D eigenvalue weighted by Crippen LogP contribution is -2.60. The van der Waals surface area contributed by atoms with E-state index in [0.29, 0.717) is 18.7 Å². The molecule has 3 heterocycles. The Labute approximate surface area is 177 Å². The number of piperazine rings is 1. The highest BCUT2D eigenvalue weighted by Gasteiger charge is 2.46. The lowest BCUT2D eigenvalue weighted by molar-refractivity contribution is -0.140. The summed E-state index contributed by atoms with van der Waals surface area (Å²) >= 11 is 0. The van der Waals surface area contributed by atoms with Crippen molar-refractivity contribution in [1.82, 2.24) is 14.9 Å². The largest absolute Gasteiger partial charge is 0.360 e. The Hall–Kier alpha value is -2.98. The van der Waals surface area contributed by atoms with E-state index in [1.54, 1.807) is 24.7 Å². The van der Waals surface area contributed by atoms with E-state index in [4.69, 9.17) is 10.00 Å². The molecule has 7 heteroatoms. The first-order valence-corrected chi connectivity index (χ1v) is 10.5. The zero-order valence-corrected chi connectivity index (χ0v) is 17.5. The van der Waals surface area contributed by atoms with Crippen LogP contribution in [0, 0.1) is 11.3 Å². The number of pyridine rings is 2. The van der Waals surface area contributed by atoms with Gasteiger partial charge in [-0.2, -0.15) is 5.26 Å². The van der Waals surface area contributed by atoms with Crippen molar-refractivity contribution in [2.24, 2.45) is 0 Å². The third-order valence-electron chi connectivity index (χ3n) is 6.13. The number of amides is 1. The number of rotatable bonds is 6. The Kier molecular flexibility index (Phi) is 5.69. The molecule has 0 radical (unpaired) electrons. The number of aromatic nitrogens is 2. The smallest absolute Gasteiger partial charge is 0.248 e. The van der Waals surface area contributed by atoms with Crippen LogP contribution in [0.2, 0.25) is 0 Å². The zero-order valence-electron chi connectivity index (χ0n) is 17.5. The van der Waals surface area contributed by atoms with Crippen molar-refractivity contribution in [1.29, 1.82) is 5.26 Å². The van der Waals surface area contributed by atoms with Gasteiger partial charge in [-0.1, -0.05) is 6.92 Å². The van der Waals surface area contributed by atoms with Gasteiger partial charge in [0.1, 0.15) is 18.5 Å². The van der Waals surface area contributed by atoms with Gasteiger partial charge in [0.25, 0.3) is 0 Å². The first kappa shape index (κ1) is 20.3. The average Bonchev–Trinajstić information content (AvgIpc) is 3.59. The SMILES string of the molecule is CCC1CN(C(=O)COC2(c3ccncc3)CC2)CC(C)N1c1ccc(C#N)cn1. The molecule has 2 aromatic rings. The normalized spacial score (nSPS) is 22.4. The summed E-state index contributed by atoms with van der Waals surface area (Å²) in [6.07, 6.45) is 7.92. The van der Waals surface area contributed by atoms with Crippen LogP contribution in [-0.4, -0.2) is 52.6 Å². The zero-order chi connectivity index (χ0) is 21.1. The van der Waals surface area contributed by atoms with Crippen LogP contribution in [0.15, 0.2) is 42.9 Å². The van der Waals surface area contributed by atoms with E-state index in [1.807, 2.05) is 23.1 Å². The molecule has 7 nitrogen and oxygen atoms in total. The topological polar surface area (TPSA) is 82.4 Å². The van der Waals surface area contributed by atoms with Gasteiger partial charge in [-0.25, -0.2) is 4.98 Å². The van der Waals surface area contributed by atoms with Gasteiger partial charge in [-0.3, -0.25) is 9.78 Å². The molecular weight excluding hydrogens is 378 g/mol. The molecule has 1 amide bonds. The number of anilines is 1. The first-order valence-electron chi connectivity index (χ1n) is 10.5. The van der Waals surface area contributed by atoms with Crippen molar-refractivity contribution in [2.75, 3.05) is 24.6 Å². The summed E-state index contributed by atoms with van der Waals surface area (Å²) in [6, 6.07) is 10.0. The molecule has 1 saturated heterocycles. The number of hydrogen-bond donors (Lipinski definition) is 0. The van der Waals surface area contributed by atoms with Crippen molar-refractivity contribution in [2.45, 2.75) is 50.8 Å². The fourth-order valence-corrected chi connectivity index (χ4v) is 4.31. The van der Waals surface area contributed by atoms with Crippen LogP contribution in [0.3, 0.4) is 0 Å². The van der Waals surface area contributed by atoms with E-state index in [2.05, 4.69) is 34.8 Å². The third kappa shape index (κ3) is 4.01. The highest BCUT2D eigenvalue weighted by Crippen LogP contribution is 2.49. The molecule has 1 saturated carbocycles. The summed E-state index contributed by atoms with van der Waals surface area (Å²) in [7, 11) is 0. The minimum atomic E-state index is -0.317. The number of nitrogens with zero attached hydrogens (tertiary/aromatic N) is 5. The second-order valence-corrected chi connectivity index (χ2v) is 8.15. The molecule has 0 N–H and O–H groups in total. The fourth-order valence-electron chi connectivity index (χ4n) is 4.31. The van der Waals surface area contributed by atoms with Gasteiger partial charge in [0, 0.05) is 43.8 Å². The molecule has 2 atom stereocenters. The Morgan fingerprint density at radius 1 is 1.27 bits per heavy atom. The minimum Gasteiger partial charge on any atom is -0.360 e. The van der Waals surface area contributed by atoms with Gasteiger partial charge < -0.3 is 14.5 Å². The van der Waals surface area contributed by atoms with E-state index in [9.17, 15) is 4.79 Å². The predicted octanol–water partition coefficient (Wildman–Crippen LogP) is 2.87. The molecule has 0 aromatic carbocycles. The maximum atomic E-state index is 13.0. The Morgan fingerprint density at radius 3 is 2.63 bits per heavy atom. The van der Waals surface area contributed by atoms with Crippen LogP contribution in [0.25, 0.3) is 0 Å². The summed E-state index contributed by atoms with van der Waals surface area (Å²) < 4.78 is 6.11. The van der Waals surface area contributed by atoms with Gasteiger partial charge in [-0.05, 0) is 56.0 Å². The maximum Gasteiger partial charge on any atom is 0.248 e. The van der Waals surface area contributed by atoms with Crippen molar-refractivity contribution < 1.29 is 9.53 Å². The van der Waals surface area contributed by atoms with Crippen LogP contribution in [0.1, 0.15) is 44.2 Å². The average molecular weight is 406 g/mol. The number of carbonyl (C=O) groups is 1. The highest BCUT2D eigenvalue weighted by molar-refractivity contribution is 5.78.